The van der Waals surface area contributed by atoms with Gasteiger partial charge in [0, 0.05) is 50.2 Å². The Bertz CT molecular complexity index is 795. The van der Waals surface area contributed by atoms with E-state index in [0.717, 1.165) is 81.6 Å². The van der Waals surface area contributed by atoms with Crippen molar-refractivity contribution in [2.45, 2.75) is 33.2 Å². The Balaban J connectivity index is 1.44. The summed E-state index contributed by atoms with van der Waals surface area (Å²) in [7, 11) is 2.19. The number of thiazole rings is 1. The van der Waals surface area contributed by atoms with E-state index in [2.05, 4.69) is 65.2 Å². The van der Waals surface area contributed by atoms with Gasteiger partial charge in [-0.2, -0.15) is 0 Å². The molecule has 2 aromatic rings. The zero-order valence-electron chi connectivity index (χ0n) is 19.3. The summed E-state index contributed by atoms with van der Waals surface area (Å²) >= 11 is 1.61. The number of likely N-dealkylation sites (N-methyl/N-ethyl adjacent to an activating group) is 1. The van der Waals surface area contributed by atoms with E-state index >= 15 is 0 Å². The number of nitrogens with zero attached hydrogens (tertiary/aromatic N) is 4. The summed E-state index contributed by atoms with van der Waals surface area (Å²) in [6, 6.07) is 8.72. The fourth-order valence-corrected chi connectivity index (χ4v) is 4.66. The molecule has 0 bridgehead atoms. The van der Waals surface area contributed by atoms with Crippen LogP contribution in [0.3, 0.4) is 0 Å². The van der Waals surface area contributed by atoms with Gasteiger partial charge in [0.25, 0.3) is 0 Å². The number of rotatable bonds is 11. The number of nitrogens with one attached hydrogen (secondary N) is 1. The zero-order valence-corrected chi connectivity index (χ0v) is 20.1. The Hall–Kier alpha value is -1.80. The van der Waals surface area contributed by atoms with Crippen LogP contribution in [0.5, 0.6) is 0 Å². The molecule has 0 radical (unpaired) electrons. The van der Waals surface area contributed by atoms with E-state index in [-0.39, 0.29) is 5.91 Å². The summed E-state index contributed by atoms with van der Waals surface area (Å²) in [4.78, 5) is 24.2. The Morgan fingerprint density at radius 3 is 2.52 bits per heavy atom. The largest absolute Gasteiger partial charge is 0.356 e. The van der Waals surface area contributed by atoms with Crippen LogP contribution in [0, 0.1) is 0 Å². The molecule has 1 saturated heterocycles. The third-order valence-corrected chi connectivity index (χ3v) is 6.90. The lowest BCUT2D eigenvalue weighted by molar-refractivity contribution is -0.120. The van der Waals surface area contributed by atoms with E-state index in [0.29, 0.717) is 6.42 Å². The molecular formula is C24H37N5OS. The van der Waals surface area contributed by atoms with Gasteiger partial charge in [0.05, 0.1) is 12.1 Å². The van der Waals surface area contributed by atoms with E-state index in [1.54, 1.807) is 11.3 Å². The molecular weight excluding hydrogens is 406 g/mol. The van der Waals surface area contributed by atoms with Crippen molar-refractivity contribution in [1.29, 1.82) is 0 Å². The van der Waals surface area contributed by atoms with Crippen LogP contribution < -0.4 is 5.32 Å². The molecule has 31 heavy (non-hydrogen) atoms. The van der Waals surface area contributed by atoms with Gasteiger partial charge in [-0.3, -0.25) is 9.69 Å². The molecule has 1 aliphatic heterocycles. The quantitative estimate of drug-likeness (QED) is 0.541. The molecule has 1 aromatic carbocycles. The van der Waals surface area contributed by atoms with Gasteiger partial charge in [-0.25, -0.2) is 4.98 Å². The van der Waals surface area contributed by atoms with Gasteiger partial charge in [-0.15, -0.1) is 11.3 Å². The van der Waals surface area contributed by atoms with Gasteiger partial charge < -0.3 is 15.1 Å². The molecule has 1 aliphatic rings. The summed E-state index contributed by atoms with van der Waals surface area (Å²) in [6.45, 7) is 13.8. The van der Waals surface area contributed by atoms with Crippen molar-refractivity contribution in [3.8, 4) is 10.6 Å². The number of piperazine rings is 1. The van der Waals surface area contributed by atoms with Crippen LogP contribution in [-0.4, -0.2) is 85.0 Å². The Morgan fingerprint density at radius 1 is 1.13 bits per heavy atom. The molecule has 0 saturated carbocycles. The third kappa shape index (κ3) is 7.68. The predicted molar refractivity (Wildman–Crippen MR) is 129 cm³/mol. The van der Waals surface area contributed by atoms with Crippen molar-refractivity contribution in [1.82, 2.24) is 25.0 Å². The molecule has 0 unspecified atom stereocenters. The highest BCUT2D eigenvalue weighted by Crippen LogP contribution is 2.24. The van der Waals surface area contributed by atoms with Crippen LogP contribution in [-0.2, 0) is 17.8 Å². The van der Waals surface area contributed by atoms with Gasteiger partial charge in [0.1, 0.15) is 5.01 Å². The highest BCUT2D eigenvalue weighted by atomic mass is 32.1. The lowest BCUT2D eigenvalue weighted by Gasteiger charge is -2.32. The summed E-state index contributed by atoms with van der Waals surface area (Å²) in [5.41, 5.74) is 3.31. The minimum Gasteiger partial charge on any atom is -0.356 e. The van der Waals surface area contributed by atoms with Crippen molar-refractivity contribution in [3.05, 3.63) is 40.9 Å². The number of aromatic nitrogens is 1. The zero-order chi connectivity index (χ0) is 22.1. The fourth-order valence-electron chi connectivity index (χ4n) is 3.83. The Kier molecular flexibility index (Phi) is 9.46. The first kappa shape index (κ1) is 23.9. The smallest absolute Gasteiger partial charge is 0.226 e. The summed E-state index contributed by atoms with van der Waals surface area (Å²) in [5.74, 6) is 0.0546. The van der Waals surface area contributed by atoms with Crippen LogP contribution in [0.25, 0.3) is 10.6 Å². The number of hydrogen-bond acceptors (Lipinski definition) is 6. The van der Waals surface area contributed by atoms with E-state index in [4.69, 9.17) is 4.98 Å². The molecule has 0 aliphatic carbocycles. The number of hydrogen-bond donors (Lipinski definition) is 1. The highest BCUT2D eigenvalue weighted by molar-refractivity contribution is 7.13. The first-order chi connectivity index (χ1) is 15.1. The van der Waals surface area contributed by atoms with Crippen LogP contribution in [0.2, 0.25) is 0 Å². The molecule has 1 aromatic heterocycles. The highest BCUT2D eigenvalue weighted by Gasteiger charge is 2.14. The maximum atomic E-state index is 12.2. The average Bonchev–Trinajstić information content (AvgIpc) is 3.24. The maximum absolute atomic E-state index is 12.2. The second kappa shape index (κ2) is 12.3. The molecule has 1 N–H and O–H groups in total. The minimum absolute atomic E-state index is 0.0546. The number of carbonyl (C=O) groups is 1. The molecule has 0 spiro atoms. The summed E-state index contributed by atoms with van der Waals surface area (Å²) in [5, 5.41) is 6.01. The Labute approximate surface area is 191 Å². The lowest BCUT2D eigenvalue weighted by atomic mass is 10.1. The van der Waals surface area contributed by atoms with Crippen molar-refractivity contribution >= 4 is 17.2 Å². The minimum atomic E-state index is 0.0546. The van der Waals surface area contributed by atoms with Crippen molar-refractivity contribution in [2.24, 2.45) is 0 Å². The van der Waals surface area contributed by atoms with Gasteiger partial charge in [-0.1, -0.05) is 38.1 Å². The standard InChI is InChI=1S/C24H37N5OS/c1-4-28(5-2)12-6-11-25-23(30)17-22-19-31-24(26-22)21-9-7-20(8-10-21)18-29-15-13-27(3)14-16-29/h7-10,19H,4-6,11-18H2,1-3H3,(H,25,30). The maximum Gasteiger partial charge on any atom is 0.226 e. The van der Waals surface area contributed by atoms with Crippen molar-refractivity contribution < 1.29 is 4.79 Å². The Morgan fingerprint density at radius 2 is 1.84 bits per heavy atom. The number of amides is 1. The monoisotopic (exact) mass is 443 g/mol. The van der Waals surface area contributed by atoms with Gasteiger partial charge in [-0.05, 0) is 38.7 Å². The normalized spacial score (nSPS) is 15.5. The molecule has 7 heteroatoms. The van der Waals surface area contributed by atoms with Crippen LogP contribution in [0.15, 0.2) is 29.6 Å². The van der Waals surface area contributed by atoms with E-state index < -0.39 is 0 Å². The van der Waals surface area contributed by atoms with Crippen LogP contribution >= 0.6 is 11.3 Å². The van der Waals surface area contributed by atoms with Gasteiger partial charge >= 0.3 is 0 Å². The molecule has 2 heterocycles. The summed E-state index contributed by atoms with van der Waals surface area (Å²) in [6.07, 6.45) is 1.33. The first-order valence-electron chi connectivity index (χ1n) is 11.5. The van der Waals surface area contributed by atoms with Crippen molar-refractivity contribution in [3.63, 3.8) is 0 Å². The van der Waals surface area contributed by atoms with Gasteiger partial charge in [0.2, 0.25) is 5.91 Å². The second-order valence-electron chi connectivity index (χ2n) is 8.33. The lowest BCUT2D eigenvalue weighted by Crippen LogP contribution is -2.43. The van der Waals surface area contributed by atoms with Gasteiger partial charge in [0.15, 0.2) is 0 Å². The molecule has 0 atom stereocenters. The third-order valence-electron chi connectivity index (χ3n) is 5.96. The van der Waals surface area contributed by atoms with E-state index in [1.807, 2.05) is 5.38 Å². The predicted octanol–water partition coefficient (Wildman–Crippen LogP) is 2.95. The fraction of sp³-hybridized carbons (Fsp3) is 0.583. The molecule has 1 amide bonds. The molecule has 3 rings (SSSR count). The summed E-state index contributed by atoms with van der Waals surface area (Å²) < 4.78 is 0. The molecule has 170 valence electrons. The number of benzene rings is 1. The average molecular weight is 444 g/mol. The van der Waals surface area contributed by atoms with Crippen LogP contribution in [0.4, 0.5) is 0 Å². The SMILES string of the molecule is CCN(CC)CCCNC(=O)Cc1csc(-c2ccc(CN3CCN(C)CC3)cc2)n1. The van der Waals surface area contributed by atoms with Crippen LogP contribution in [0.1, 0.15) is 31.5 Å². The topological polar surface area (TPSA) is 51.7 Å². The van der Waals surface area contributed by atoms with E-state index in [9.17, 15) is 4.79 Å². The molecule has 1 fully saturated rings. The first-order valence-corrected chi connectivity index (χ1v) is 12.4. The second-order valence-corrected chi connectivity index (χ2v) is 9.19. The van der Waals surface area contributed by atoms with E-state index in [1.165, 1.54) is 5.56 Å². The number of carbonyl (C=O) groups excluding carboxylic acids is 1. The van der Waals surface area contributed by atoms with Crippen molar-refractivity contribution in [2.75, 3.05) is 59.4 Å². The molecule has 6 nitrogen and oxygen atoms in total.